The van der Waals surface area contributed by atoms with Crippen LogP contribution in [0.4, 0.5) is 5.82 Å². The molecule has 0 spiro atoms. The summed E-state index contributed by atoms with van der Waals surface area (Å²) in [4.78, 5) is 13.2. The molecular weight excluding hydrogens is 377 g/mol. The van der Waals surface area contributed by atoms with Crippen molar-refractivity contribution in [2.24, 2.45) is 5.92 Å². The molecule has 2 N–H and O–H groups in total. The van der Waals surface area contributed by atoms with Gasteiger partial charge in [-0.3, -0.25) is 9.89 Å². The number of amides is 1. The first-order chi connectivity index (χ1) is 14.1. The van der Waals surface area contributed by atoms with Gasteiger partial charge in [0.1, 0.15) is 0 Å². The Hall–Kier alpha value is -2.12. The lowest BCUT2D eigenvalue weighted by Gasteiger charge is -2.32. The summed E-state index contributed by atoms with van der Waals surface area (Å²) >= 11 is 0. The molecule has 0 radical (unpaired) electrons. The van der Waals surface area contributed by atoms with E-state index in [1.54, 1.807) is 0 Å². The van der Waals surface area contributed by atoms with Gasteiger partial charge in [-0.1, -0.05) is 38.1 Å². The molecule has 1 unspecified atom stereocenters. The molecule has 7 heteroatoms. The second-order valence-electron chi connectivity index (χ2n) is 9.95. The van der Waals surface area contributed by atoms with Gasteiger partial charge in [0.05, 0.1) is 17.1 Å². The second kappa shape index (κ2) is 7.54. The SMILES string of the molecule is CC(C)C(C(=O)Nc1cc(C2CC2)[nH]n1)c1cccc(B2OC(C)(C)C(C)(C)O2)c1. The van der Waals surface area contributed by atoms with Crippen molar-refractivity contribution in [1.82, 2.24) is 10.2 Å². The average molecular weight is 409 g/mol. The van der Waals surface area contributed by atoms with Gasteiger partial charge in [-0.05, 0) is 57.5 Å². The van der Waals surface area contributed by atoms with Crippen LogP contribution in [0, 0.1) is 5.92 Å². The van der Waals surface area contributed by atoms with Gasteiger partial charge in [0.15, 0.2) is 5.82 Å². The Morgan fingerprint density at radius 2 is 1.83 bits per heavy atom. The zero-order valence-corrected chi connectivity index (χ0v) is 18.8. The molecule has 0 bridgehead atoms. The van der Waals surface area contributed by atoms with Crippen molar-refractivity contribution in [1.29, 1.82) is 0 Å². The van der Waals surface area contributed by atoms with Crippen molar-refractivity contribution >= 4 is 24.3 Å². The van der Waals surface area contributed by atoms with Gasteiger partial charge in [-0.2, -0.15) is 5.10 Å². The van der Waals surface area contributed by atoms with E-state index in [1.807, 2.05) is 58.0 Å². The fraction of sp³-hybridized carbons (Fsp3) is 0.565. The maximum Gasteiger partial charge on any atom is 0.494 e. The molecule has 160 valence electrons. The van der Waals surface area contributed by atoms with Gasteiger partial charge in [0.25, 0.3) is 0 Å². The highest BCUT2D eigenvalue weighted by Crippen LogP contribution is 2.40. The third kappa shape index (κ3) is 4.05. The number of aromatic amines is 1. The molecule has 1 amide bonds. The molecule has 4 rings (SSSR count). The van der Waals surface area contributed by atoms with Crippen molar-refractivity contribution in [3.05, 3.63) is 41.6 Å². The van der Waals surface area contributed by atoms with E-state index in [9.17, 15) is 4.79 Å². The van der Waals surface area contributed by atoms with E-state index >= 15 is 0 Å². The Labute approximate surface area is 179 Å². The van der Waals surface area contributed by atoms with E-state index in [-0.39, 0.29) is 17.7 Å². The van der Waals surface area contributed by atoms with Crippen LogP contribution in [0.2, 0.25) is 0 Å². The number of benzene rings is 1. The van der Waals surface area contributed by atoms with E-state index in [2.05, 4.69) is 29.4 Å². The van der Waals surface area contributed by atoms with Crippen LogP contribution in [0.5, 0.6) is 0 Å². The van der Waals surface area contributed by atoms with Gasteiger partial charge in [0.2, 0.25) is 5.91 Å². The summed E-state index contributed by atoms with van der Waals surface area (Å²) in [5.41, 5.74) is 2.19. The molecule has 2 fully saturated rings. The first-order valence-corrected chi connectivity index (χ1v) is 10.9. The summed E-state index contributed by atoms with van der Waals surface area (Å²) in [6, 6.07) is 9.95. The summed E-state index contributed by atoms with van der Waals surface area (Å²) in [5, 5.41) is 10.3. The monoisotopic (exact) mass is 409 g/mol. The van der Waals surface area contributed by atoms with Crippen LogP contribution in [0.3, 0.4) is 0 Å². The molecule has 6 nitrogen and oxygen atoms in total. The maximum absolute atomic E-state index is 13.2. The summed E-state index contributed by atoms with van der Waals surface area (Å²) in [5.74, 6) is 0.939. The van der Waals surface area contributed by atoms with E-state index in [4.69, 9.17) is 9.31 Å². The topological polar surface area (TPSA) is 76.2 Å². The molecule has 2 heterocycles. The number of anilines is 1. The number of aromatic nitrogens is 2. The Morgan fingerprint density at radius 3 is 2.43 bits per heavy atom. The molecule has 1 aliphatic carbocycles. The van der Waals surface area contributed by atoms with Crippen LogP contribution in [-0.4, -0.2) is 34.4 Å². The average Bonchev–Trinajstić information content (AvgIpc) is 3.35. The van der Waals surface area contributed by atoms with Crippen molar-refractivity contribution in [3.63, 3.8) is 0 Å². The van der Waals surface area contributed by atoms with Crippen LogP contribution in [0.1, 0.15) is 77.5 Å². The molecule has 2 aliphatic rings. The number of rotatable bonds is 6. The highest BCUT2D eigenvalue weighted by Gasteiger charge is 2.51. The molecule has 2 aromatic rings. The Kier molecular flexibility index (Phi) is 5.31. The van der Waals surface area contributed by atoms with Gasteiger partial charge in [0, 0.05) is 17.7 Å². The first-order valence-electron chi connectivity index (χ1n) is 10.9. The molecular formula is C23H32BN3O3. The van der Waals surface area contributed by atoms with E-state index in [0.717, 1.165) is 16.7 Å². The standard InChI is InChI=1S/C23H32BN3O3/c1-14(2)20(21(28)25-19-13-18(26-27-19)15-10-11-15)16-8-7-9-17(12-16)24-29-22(3,4)23(5,6)30-24/h7-9,12-15,20H,10-11H2,1-6H3,(H2,25,26,27,28). The number of carbonyl (C=O) groups excluding carboxylic acids is 1. The van der Waals surface area contributed by atoms with Crippen molar-refractivity contribution in [2.45, 2.75) is 77.4 Å². The van der Waals surface area contributed by atoms with Gasteiger partial charge in [-0.25, -0.2) is 0 Å². The van der Waals surface area contributed by atoms with Crippen molar-refractivity contribution in [3.8, 4) is 0 Å². The zero-order valence-electron chi connectivity index (χ0n) is 18.8. The van der Waals surface area contributed by atoms with Crippen LogP contribution in [0.25, 0.3) is 0 Å². The predicted octanol–water partition coefficient (Wildman–Crippen LogP) is 3.96. The van der Waals surface area contributed by atoms with Gasteiger partial charge < -0.3 is 14.6 Å². The molecule has 1 aromatic heterocycles. The fourth-order valence-electron chi connectivity index (χ4n) is 3.93. The molecule has 1 atom stereocenters. The summed E-state index contributed by atoms with van der Waals surface area (Å²) in [6.45, 7) is 12.3. The molecule has 30 heavy (non-hydrogen) atoms. The lowest BCUT2D eigenvalue weighted by Crippen LogP contribution is -2.41. The molecule has 1 saturated carbocycles. The maximum atomic E-state index is 13.2. The Bertz CT molecular complexity index is 917. The number of hydrogen-bond donors (Lipinski definition) is 2. The first kappa shape index (κ1) is 21.1. The highest BCUT2D eigenvalue weighted by molar-refractivity contribution is 6.62. The van der Waals surface area contributed by atoms with E-state index in [0.29, 0.717) is 11.7 Å². The normalized spacial score (nSPS) is 21.1. The summed E-state index contributed by atoms with van der Waals surface area (Å²) < 4.78 is 12.4. The van der Waals surface area contributed by atoms with Crippen molar-refractivity contribution < 1.29 is 14.1 Å². The van der Waals surface area contributed by atoms with Crippen LogP contribution >= 0.6 is 0 Å². The number of nitrogens with zero attached hydrogens (tertiary/aromatic N) is 1. The van der Waals surface area contributed by atoms with Crippen LogP contribution < -0.4 is 10.8 Å². The van der Waals surface area contributed by atoms with Gasteiger partial charge >= 0.3 is 7.12 Å². The molecule has 1 aliphatic heterocycles. The van der Waals surface area contributed by atoms with Crippen LogP contribution in [0.15, 0.2) is 30.3 Å². The third-order valence-electron chi connectivity index (χ3n) is 6.61. The van der Waals surface area contributed by atoms with Crippen LogP contribution in [-0.2, 0) is 14.1 Å². The summed E-state index contributed by atoms with van der Waals surface area (Å²) in [7, 11) is -0.446. The number of H-pyrrole nitrogens is 1. The molecule has 1 saturated heterocycles. The lowest BCUT2D eigenvalue weighted by molar-refractivity contribution is -0.118. The minimum absolute atomic E-state index is 0.0510. The number of hydrogen-bond acceptors (Lipinski definition) is 4. The third-order valence-corrected chi connectivity index (χ3v) is 6.61. The molecule has 1 aromatic carbocycles. The van der Waals surface area contributed by atoms with E-state index in [1.165, 1.54) is 12.8 Å². The zero-order chi connectivity index (χ0) is 21.7. The van der Waals surface area contributed by atoms with E-state index < -0.39 is 18.3 Å². The minimum atomic E-state index is -0.446. The number of nitrogens with one attached hydrogen (secondary N) is 2. The smallest absolute Gasteiger partial charge is 0.399 e. The highest BCUT2D eigenvalue weighted by atomic mass is 16.7. The number of carbonyl (C=O) groups is 1. The Balaban J connectivity index is 1.54. The summed E-state index contributed by atoms with van der Waals surface area (Å²) in [6.07, 6.45) is 2.38. The largest absolute Gasteiger partial charge is 0.494 e. The minimum Gasteiger partial charge on any atom is -0.399 e. The second-order valence-corrected chi connectivity index (χ2v) is 9.95. The van der Waals surface area contributed by atoms with Crippen molar-refractivity contribution in [2.75, 3.05) is 5.32 Å². The van der Waals surface area contributed by atoms with Gasteiger partial charge in [-0.15, -0.1) is 0 Å². The lowest BCUT2D eigenvalue weighted by atomic mass is 9.76. The predicted molar refractivity (Wildman–Crippen MR) is 119 cm³/mol. The Morgan fingerprint density at radius 1 is 1.17 bits per heavy atom. The quantitative estimate of drug-likeness (QED) is 0.708. The fourth-order valence-corrected chi connectivity index (χ4v) is 3.93.